The maximum absolute atomic E-state index is 12.7. The number of para-hydroxylation sites is 1. The first-order chi connectivity index (χ1) is 14.1. The Labute approximate surface area is 174 Å². The van der Waals surface area contributed by atoms with Crippen LogP contribution in [0.5, 0.6) is 0 Å². The Morgan fingerprint density at radius 2 is 2.07 bits per heavy atom. The number of carbonyl (C=O) groups excluding carboxylic acids is 1. The van der Waals surface area contributed by atoms with Gasteiger partial charge in [-0.3, -0.25) is 4.79 Å². The molecule has 3 heterocycles. The molecule has 0 aliphatic heterocycles. The number of nitriles is 1. The average molecular weight is 418 g/mol. The zero-order chi connectivity index (χ0) is 20.4. The monoisotopic (exact) mass is 418 g/mol. The smallest absolute Gasteiger partial charge is 0.347 e. The van der Waals surface area contributed by atoms with Gasteiger partial charge in [0.15, 0.2) is 5.78 Å². The molecule has 4 aromatic rings. The highest BCUT2D eigenvalue weighted by molar-refractivity contribution is 8.00. The van der Waals surface area contributed by atoms with Gasteiger partial charge in [0.25, 0.3) is 0 Å². The van der Waals surface area contributed by atoms with Crippen LogP contribution in [0.2, 0.25) is 0 Å². The van der Waals surface area contributed by atoms with Crippen LogP contribution in [0.15, 0.2) is 68.1 Å². The molecule has 1 aromatic carbocycles. The summed E-state index contributed by atoms with van der Waals surface area (Å²) in [5.74, 6) is -0.377. The van der Waals surface area contributed by atoms with E-state index in [-0.39, 0.29) is 17.1 Å². The molecule has 0 N–H and O–H groups in total. The lowest BCUT2D eigenvalue weighted by atomic mass is 10.1. The number of Topliss-reactive ketones (excluding diaryl/α,β-unsaturated/α-hetero) is 1. The third-order valence-electron chi connectivity index (χ3n) is 4.29. The van der Waals surface area contributed by atoms with E-state index in [1.54, 1.807) is 24.3 Å². The third kappa shape index (κ3) is 3.86. The zero-order valence-electron chi connectivity index (χ0n) is 15.3. The van der Waals surface area contributed by atoms with Gasteiger partial charge in [-0.1, -0.05) is 36.0 Å². The van der Waals surface area contributed by atoms with Crippen LogP contribution in [0.4, 0.5) is 0 Å². The minimum absolute atomic E-state index is 0.000779. The molecular weight excluding hydrogens is 404 g/mol. The SMILES string of the molecule is Cc1cc(-c2cccs2)c(C#N)c(SCC(=O)c2cc3ccccc3oc2=O)n1. The second kappa shape index (κ2) is 8.03. The van der Waals surface area contributed by atoms with Crippen LogP contribution >= 0.6 is 23.1 Å². The largest absolute Gasteiger partial charge is 0.422 e. The summed E-state index contributed by atoms with van der Waals surface area (Å²) >= 11 is 2.69. The molecule has 0 amide bonds. The standard InChI is InChI=1S/C22H14N2O3S2/c1-13-9-15(20-7-4-8-28-20)17(11-23)21(24-13)29-12-18(25)16-10-14-5-2-3-6-19(14)27-22(16)26/h2-10H,12H2,1H3. The molecular formula is C22H14N2O3S2. The van der Waals surface area contributed by atoms with Crippen LogP contribution in [0.3, 0.4) is 0 Å². The highest BCUT2D eigenvalue weighted by atomic mass is 32.2. The van der Waals surface area contributed by atoms with E-state index < -0.39 is 5.63 Å². The number of carbonyl (C=O) groups is 1. The molecule has 0 saturated heterocycles. The van der Waals surface area contributed by atoms with Crippen molar-refractivity contribution in [3.05, 3.63) is 81.2 Å². The molecule has 5 nitrogen and oxygen atoms in total. The molecule has 3 aromatic heterocycles. The number of aromatic nitrogens is 1. The van der Waals surface area contributed by atoms with E-state index in [1.807, 2.05) is 36.6 Å². The highest BCUT2D eigenvalue weighted by Crippen LogP contribution is 2.33. The van der Waals surface area contributed by atoms with Crippen molar-refractivity contribution in [1.82, 2.24) is 4.98 Å². The number of ketones is 1. The summed E-state index contributed by atoms with van der Waals surface area (Å²) in [5.41, 5.74) is 1.77. The molecule has 7 heteroatoms. The number of benzene rings is 1. The number of fused-ring (bicyclic) bond motifs is 1. The molecule has 0 aliphatic carbocycles. The van der Waals surface area contributed by atoms with Gasteiger partial charge in [0.05, 0.1) is 11.3 Å². The van der Waals surface area contributed by atoms with Crippen LogP contribution in [0.25, 0.3) is 21.4 Å². The van der Waals surface area contributed by atoms with Crippen molar-refractivity contribution < 1.29 is 9.21 Å². The van der Waals surface area contributed by atoms with E-state index >= 15 is 0 Å². The summed E-state index contributed by atoms with van der Waals surface area (Å²) in [4.78, 5) is 30.3. The van der Waals surface area contributed by atoms with Crippen LogP contribution in [-0.4, -0.2) is 16.5 Å². The second-order valence-corrected chi connectivity index (χ2v) is 8.19. The van der Waals surface area contributed by atoms with E-state index in [0.717, 1.165) is 27.9 Å². The van der Waals surface area contributed by atoms with Crippen molar-refractivity contribution in [3.63, 3.8) is 0 Å². The highest BCUT2D eigenvalue weighted by Gasteiger charge is 2.18. The lowest BCUT2D eigenvalue weighted by Crippen LogP contribution is -2.15. The van der Waals surface area contributed by atoms with Crippen LogP contribution in [0.1, 0.15) is 21.6 Å². The molecule has 0 fully saturated rings. The molecule has 0 unspecified atom stereocenters. The summed E-state index contributed by atoms with van der Waals surface area (Å²) in [6.07, 6.45) is 0. The number of thioether (sulfide) groups is 1. The van der Waals surface area contributed by atoms with E-state index in [2.05, 4.69) is 11.1 Å². The van der Waals surface area contributed by atoms with Gasteiger partial charge in [0.1, 0.15) is 22.2 Å². The van der Waals surface area contributed by atoms with Crippen LogP contribution < -0.4 is 5.63 Å². The van der Waals surface area contributed by atoms with E-state index in [1.165, 1.54) is 11.3 Å². The maximum Gasteiger partial charge on any atom is 0.347 e. The van der Waals surface area contributed by atoms with E-state index in [9.17, 15) is 14.9 Å². The Kier molecular flexibility index (Phi) is 5.30. The molecule has 29 heavy (non-hydrogen) atoms. The minimum Gasteiger partial charge on any atom is -0.422 e. The van der Waals surface area contributed by atoms with Gasteiger partial charge in [-0.05, 0) is 36.6 Å². The number of hydrogen-bond donors (Lipinski definition) is 0. The van der Waals surface area contributed by atoms with Gasteiger partial charge < -0.3 is 4.42 Å². The quantitative estimate of drug-likeness (QED) is 0.256. The normalized spacial score (nSPS) is 10.8. The average Bonchev–Trinajstić information content (AvgIpc) is 3.25. The fourth-order valence-corrected chi connectivity index (χ4v) is 4.63. The van der Waals surface area contributed by atoms with E-state index in [0.29, 0.717) is 21.6 Å². The van der Waals surface area contributed by atoms with Crippen molar-refractivity contribution in [2.24, 2.45) is 0 Å². The Morgan fingerprint density at radius 1 is 1.24 bits per heavy atom. The Bertz CT molecular complexity index is 1320. The molecule has 0 spiro atoms. The molecule has 0 atom stereocenters. The summed E-state index contributed by atoms with van der Waals surface area (Å²) in [5, 5.41) is 12.8. The van der Waals surface area contributed by atoms with Crippen molar-refractivity contribution >= 4 is 39.9 Å². The number of aryl methyl sites for hydroxylation is 1. The summed E-state index contributed by atoms with van der Waals surface area (Å²) in [6.45, 7) is 1.85. The summed E-state index contributed by atoms with van der Waals surface area (Å²) < 4.78 is 5.25. The van der Waals surface area contributed by atoms with Gasteiger partial charge in [-0.15, -0.1) is 11.3 Å². The molecule has 0 saturated carbocycles. The maximum atomic E-state index is 12.7. The Hall–Kier alpha value is -3.21. The lowest BCUT2D eigenvalue weighted by molar-refractivity contribution is 0.101. The first-order valence-electron chi connectivity index (χ1n) is 8.71. The molecule has 4 rings (SSSR count). The minimum atomic E-state index is -0.661. The van der Waals surface area contributed by atoms with Gasteiger partial charge in [0, 0.05) is 21.5 Å². The van der Waals surface area contributed by atoms with Crippen LogP contribution in [0, 0.1) is 18.3 Å². The first kappa shape index (κ1) is 19.1. The predicted molar refractivity (Wildman–Crippen MR) is 115 cm³/mol. The predicted octanol–water partition coefficient (Wildman–Crippen LogP) is 5.07. The topological polar surface area (TPSA) is 84.0 Å². The Balaban J connectivity index is 1.64. The zero-order valence-corrected chi connectivity index (χ0v) is 17.0. The number of nitrogens with zero attached hydrogens (tertiary/aromatic N) is 2. The van der Waals surface area contributed by atoms with Crippen molar-refractivity contribution in [3.8, 4) is 16.5 Å². The number of rotatable bonds is 5. The molecule has 0 aliphatic rings. The number of pyridine rings is 1. The van der Waals surface area contributed by atoms with Crippen molar-refractivity contribution in [2.45, 2.75) is 11.9 Å². The number of thiophene rings is 1. The second-order valence-electron chi connectivity index (χ2n) is 6.28. The van der Waals surface area contributed by atoms with Crippen molar-refractivity contribution in [1.29, 1.82) is 5.26 Å². The van der Waals surface area contributed by atoms with Gasteiger partial charge in [-0.2, -0.15) is 5.26 Å². The molecule has 0 bridgehead atoms. The fourth-order valence-electron chi connectivity index (χ4n) is 2.95. The molecule has 0 radical (unpaired) electrons. The third-order valence-corrected chi connectivity index (χ3v) is 6.17. The van der Waals surface area contributed by atoms with Crippen molar-refractivity contribution in [2.75, 3.05) is 5.75 Å². The fraction of sp³-hybridized carbons (Fsp3) is 0.0909. The van der Waals surface area contributed by atoms with Crippen LogP contribution in [-0.2, 0) is 0 Å². The summed E-state index contributed by atoms with van der Waals surface area (Å²) in [7, 11) is 0. The van der Waals surface area contributed by atoms with Gasteiger partial charge in [0.2, 0.25) is 0 Å². The van der Waals surface area contributed by atoms with E-state index in [4.69, 9.17) is 4.42 Å². The summed E-state index contributed by atoms with van der Waals surface area (Å²) in [6, 6.07) is 16.5. The lowest BCUT2D eigenvalue weighted by Gasteiger charge is -2.09. The molecule has 142 valence electrons. The number of hydrogen-bond acceptors (Lipinski definition) is 7. The van der Waals surface area contributed by atoms with Gasteiger partial charge in [-0.25, -0.2) is 9.78 Å². The Morgan fingerprint density at radius 3 is 2.83 bits per heavy atom. The van der Waals surface area contributed by atoms with Gasteiger partial charge >= 0.3 is 5.63 Å². The first-order valence-corrected chi connectivity index (χ1v) is 10.6.